The third-order valence-electron chi connectivity index (χ3n) is 2.99. The maximum absolute atomic E-state index is 11.5. The number of rotatable bonds is 5. The van der Waals surface area contributed by atoms with Crippen LogP contribution in [0, 0.1) is 0 Å². The lowest BCUT2D eigenvalue weighted by Gasteiger charge is -2.11. The number of aromatic nitrogens is 2. The van der Waals surface area contributed by atoms with E-state index in [-0.39, 0.29) is 12.0 Å². The molecule has 0 bridgehead atoms. The first kappa shape index (κ1) is 15.8. The number of nitrogens with one attached hydrogen (secondary N) is 2. The Morgan fingerprint density at radius 1 is 1.41 bits per heavy atom. The van der Waals surface area contributed by atoms with Gasteiger partial charge < -0.3 is 15.0 Å². The van der Waals surface area contributed by atoms with Crippen molar-refractivity contribution < 1.29 is 14.3 Å². The van der Waals surface area contributed by atoms with E-state index < -0.39 is 5.97 Å². The second-order valence-electron chi connectivity index (χ2n) is 5.30. The number of anilines is 1. The first-order valence-corrected chi connectivity index (χ1v) is 6.98. The lowest BCUT2D eigenvalue weighted by molar-refractivity contribution is -0.143. The number of H-pyrrole nitrogens is 1. The van der Waals surface area contributed by atoms with E-state index in [0.717, 1.165) is 16.9 Å². The Morgan fingerprint density at radius 3 is 2.77 bits per heavy atom. The highest BCUT2D eigenvalue weighted by Crippen LogP contribution is 2.18. The molecule has 1 unspecified atom stereocenters. The van der Waals surface area contributed by atoms with Crippen LogP contribution in [0.1, 0.15) is 26.6 Å². The van der Waals surface area contributed by atoms with Crippen molar-refractivity contribution in [2.75, 3.05) is 5.32 Å². The van der Waals surface area contributed by atoms with Gasteiger partial charge in [-0.3, -0.25) is 4.79 Å². The third-order valence-corrected chi connectivity index (χ3v) is 2.99. The Kier molecular flexibility index (Phi) is 4.60. The quantitative estimate of drug-likeness (QED) is 0.656. The van der Waals surface area contributed by atoms with Gasteiger partial charge in [0.25, 0.3) is 0 Å². The summed E-state index contributed by atoms with van der Waals surface area (Å²) in [5, 5.41) is 2.72. The molecule has 2 rings (SSSR count). The zero-order chi connectivity index (χ0) is 16.3. The van der Waals surface area contributed by atoms with Crippen molar-refractivity contribution in [2.45, 2.75) is 33.3 Å². The number of benzene rings is 1. The minimum atomic E-state index is -0.406. The molecular weight excluding hydrogens is 282 g/mol. The molecule has 0 aliphatic rings. The molecule has 2 N–H and O–H groups in total. The molecule has 0 fully saturated rings. The number of hydrogen-bond donors (Lipinski definition) is 2. The van der Waals surface area contributed by atoms with Crippen LogP contribution in [0.15, 0.2) is 30.4 Å². The fourth-order valence-electron chi connectivity index (χ4n) is 2.04. The van der Waals surface area contributed by atoms with E-state index in [2.05, 4.69) is 21.9 Å². The van der Waals surface area contributed by atoms with E-state index in [1.54, 1.807) is 19.9 Å². The molecule has 0 aliphatic heterocycles. The number of carbonyl (C=O) groups is 2. The fraction of sp³-hybridized carbons (Fsp3) is 0.312. The number of carbonyl (C=O) groups excluding carboxylic acids is 2. The van der Waals surface area contributed by atoms with Crippen molar-refractivity contribution in [1.29, 1.82) is 0 Å². The molecule has 0 radical (unpaired) electrons. The molecule has 1 amide bonds. The summed E-state index contributed by atoms with van der Waals surface area (Å²) in [5.74, 6) is 0.188. The molecule has 1 aromatic carbocycles. The lowest BCUT2D eigenvalue weighted by Crippen LogP contribution is -2.18. The topological polar surface area (TPSA) is 84.1 Å². The second kappa shape index (κ2) is 6.43. The summed E-state index contributed by atoms with van der Waals surface area (Å²) in [6.45, 7) is 8.42. The van der Waals surface area contributed by atoms with E-state index >= 15 is 0 Å². The first-order valence-electron chi connectivity index (χ1n) is 6.98. The molecule has 1 aromatic heterocycles. The molecule has 0 saturated carbocycles. The molecular formula is C16H19N3O3. The molecule has 0 aliphatic carbocycles. The number of amides is 1. The molecule has 1 heterocycles. The zero-order valence-electron chi connectivity index (χ0n) is 12.9. The van der Waals surface area contributed by atoms with Crippen LogP contribution in [0.3, 0.4) is 0 Å². The van der Waals surface area contributed by atoms with E-state index in [1.165, 1.54) is 6.92 Å². The summed E-state index contributed by atoms with van der Waals surface area (Å²) in [7, 11) is 0. The van der Waals surface area contributed by atoms with Gasteiger partial charge in [-0.1, -0.05) is 6.58 Å². The van der Waals surface area contributed by atoms with Gasteiger partial charge in [-0.2, -0.15) is 0 Å². The normalized spacial score (nSPS) is 12.0. The maximum Gasteiger partial charge on any atom is 0.333 e. The maximum atomic E-state index is 11.5. The van der Waals surface area contributed by atoms with Crippen molar-refractivity contribution in [2.24, 2.45) is 0 Å². The number of aromatic amines is 1. The van der Waals surface area contributed by atoms with Gasteiger partial charge in [0.2, 0.25) is 5.91 Å². The molecule has 0 spiro atoms. The van der Waals surface area contributed by atoms with Crippen molar-refractivity contribution in [3.63, 3.8) is 0 Å². The van der Waals surface area contributed by atoms with Gasteiger partial charge in [-0.05, 0) is 32.0 Å². The van der Waals surface area contributed by atoms with E-state index in [4.69, 9.17) is 4.74 Å². The molecule has 6 heteroatoms. The third kappa shape index (κ3) is 3.94. The van der Waals surface area contributed by atoms with Gasteiger partial charge in [-0.25, -0.2) is 9.78 Å². The zero-order valence-corrected chi connectivity index (χ0v) is 12.9. The highest BCUT2D eigenvalue weighted by molar-refractivity contribution is 5.91. The van der Waals surface area contributed by atoms with E-state index in [0.29, 0.717) is 17.7 Å². The summed E-state index contributed by atoms with van der Waals surface area (Å²) in [4.78, 5) is 30.1. The van der Waals surface area contributed by atoms with Gasteiger partial charge in [0.1, 0.15) is 11.9 Å². The average Bonchev–Trinajstić information content (AvgIpc) is 2.78. The molecule has 2 aromatic rings. The minimum absolute atomic E-state index is 0.126. The molecule has 116 valence electrons. The van der Waals surface area contributed by atoms with Gasteiger partial charge in [0.15, 0.2) is 0 Å². The van der Waals surface area contributed by atoms with Crippen LogP contribution in [0.2, 0.25) is 0 Å². The van der Waals surface area contributed by atoms with Crippen LogP contribution in [-0.2, 0) is 20.7 Å². The fourth-order valence-corrected chi connectivity index (χ4v) is 2.04. The smallest absolute Gasteiger partial charge is 0.333 e. The van der Waals surface area contributed by atoms with Crippen LogP contribution < -0.4 is 5.32 Å². The summed E-state index contributed by atoms with van der Waals surface area (Å²) in [6.07, 6.45) is 0.169. The van der Waals surface area contributed by atoms with Crippen LogP contribution in [-0.4, -0.2) is 27.9 Å². The largest absolute Gasteiger partial charge is 0.459 e. The molecule has 6 nitrogen and oxygen atoms in total. The predicted octanol–water partition coefficient (Wildman–Crippen LogP) is 2.57. The van der Waals surface area contributed by atoms with Gasteiger partial charge in [-0.15, -0.1) is 0 Å². The van der Waals surface area contributed by atoms with Gasteiger partial charge >= 0.3 is 5.97 Å². The van der Waals surface area contributed by atoms with Gasteiger partial charge in [0.05, 0.1) is 11.0 Å². The predicted molar refractivity (Wildman–Crippen MR) is 84.5 cm³/mol. The Balaban J connectivity index is 2.10. The van der Waals surface area contributed by atoms with E-state index in [9.17, 15) is 9.59 Å². The number of imidazole rings is 1. The Hall–Kier alpha value is -2.63. The summed E-state index contributed by atoms with van der Waals surface area (Å²) in [5.41, 5.74) is 2.69. The van der Waals surface area contributed by atoms with Crippen LogP contribution in [0.4, 0.5) is 5.69 Å². The van der Waals surface area contributed by atoms with Crippen molar-refractivity contribution in [3.8, 4) is 0 Å². The summed E-state index contributed by atoms with van der Waals surface area (Å²) >= 11 is 0. The van der Waals surface area contributed by atoms with Crippen molar-refractivity contribution in [3.05, 3.63) is 36.2 Å². The number of nitrogens with zero attached hydrogens (tertiary/aromatic N) is 1. The number of hydrogen-bond acceptors (Lipinski definition) is 4. The first-order chi connectivity index (χ1) is 10.3. The SMILES string of the molecule is C=C(C)C(=O)OC(C)Cc1nc2ccc(NC(C)=O)cc2[nH]1. The lowest BCUT2D eigenvalue weighted by atomic mass is 10.2. The highest BCUT2D eigenvalue weighted by Gasteiger charge is 2.13. The van der Waals surface area contributed by atoms with Crippen molar-refractivity contribution in [1.82, 2.24) is 9.97 Å². The molecule has 22 heavy (non-hydrogen) atoms. The highest BCUT2D eigenvalue weighted by atomic mass is 16.5. The van der Waals surface area contributed by atoms with Crippen LogP contribution in [0.25, 0.3) is 11.0 Å². The Labute approximate surface area is 128 Å². The Bertz CT molecular complexity index is 733. The second-order valence-corrected chi connectivity index (χ2v) is 5.30. The summed E-state index contributed by atoms with van der Waals surface area (Å²) < 4.78 is 5.23. The monoisotopic (exact) mass is 301 g/mol. The number of fused-ring (bicyclic) bond motifs is 1. The van der Waals surface area contributed by atoms with Crippen molar-refractivity contribution >= 4 is 28.6 Å². The number of esters is 1. The molecule has 1 atom stereocenters. The number of ether oxygens (including phenoxy) is 1. The van der Waals surface area contributed by atoms with Crippen LogP contribution >= 0.6 is 0 Å². The minimum Gasteiger partial charge on any atom is -0.459 e. The summed E-state index contributed by atoms with van der Waals surface area (Å²) in [6, 6.07) is 5.43. The van der Waals surface area contributed by atoms with Crippen LogP contribution in [0.5, 0.6) is 0 Å². The molecule has 0 saturated heterocycles. The average molecular weight is 301 g/mol. The van der Waals surface area contributed by atoms with Gasteiger partial charge in [0, 0.05) is 24.6 Å². The Morgan fingerprint density at radius 2 is 2.14 bits per heavy atom. The van der Waals surface area contributed by atoms with E-state index in [1.807, 2.05) is 12.1 Å². The standard InChI is InChI=1S/C16H19N3O3/c1-9(2)16(21)22-10(3)7-15-18-13-6-5-12(17-11(4)20)8-14(13)19-15/h5-6,8,10H,1,7H2,2-4H3,(H,17,20)(H,18,19).